The lowest BCUT2D eigenvalue weighted by Crippen LogP contribution is -2.38. The maximum absolute atomic E-state index is 10.4. The topological polar surface area (TPSA) is 32.7 Å². The Morgan fingerprint density at radius 2 is 1.35 bits per heavy atom. The molecule has 1 heterocycles. The first-order valence-corrected chi connectivity index (χ1v) is 9.90. The molecule has 1 atom stereocenters. The summed E-state index contributed by atoms with van der Waals surface area (Å²) in [6.07, 6.45) is 2.95. The van der Waals surface area contributed by atoms with E-state index >= 15 is 0 Å². The van der Waals surface area contributed by atoms with Crippen LogP contribution in [0.5, 0.6) is 0 Å². The molecule has 1 saturated heterocycles. The van der Waals surface area contributed by atoms with Crippen molar-refractivity contribution >= 4 is 23.2 Å². The van der Waals surface area contributed by atoms with Crippen molar-refractivity contribution in [3.63, 3.8) is 0 Å². The van der Waals surface area contributed by atoms with Crippen molar-refractivity contribution in [3.05, 3.63) is 69.7 Å². The van der Waals surface area contributed by atoms with Crippen LogP contribution in [0.25, 0.3) is 0 Å². The highest BCUT2D eigenvalue weighted by atomic mass is 35.5. The van der Waals surface area contributed by atoms with Gasteiger partial charge in [-0.1, -0.05) is 53.9 Å². The fourth-order valence-electron chi connectivity index (χ4n) is 3.36. The first kappa shape index (κ1) is 19.7. The number of hydrogen-bond acceptors (Lipinski definition) is 3. The van der Waals surface area contributed by atoms with E-state index in [9.17, 15) is 5.11 Å². The summed E-state index contributed by atoms with van der Waals surface area (Å²) in [6, 6.07) is 15.2. The Kier molecular flexibility index (Phi) is 7.35. The molecule has 1 N–H and O–H groups in total. The number of benzene rings is 2. The second-order valence-corrected chi connectivity index (χ2v) is 7.70. The number of nitrogens with zero attached hydrogens (tertiary/aromatic N) is 1. The molecule has 140 valence electrons. The number of rotatable bonds is 7. The highest BCUT2D eigenvalue weighted by molar-refractivity contribution is 6.30. The first-order valence-electron chi connectivity index (χ1n) is 9.15. The molecule has 2 aromatic carbocycles. The van der Waals surface area contributed by atoms with E-state index in [1.54, 1.807) is 0 Å². The molecule has 0 aliphatic carbocycles. The van der Waals surface area contributed by atoms with Crippen LogP contribution in [0.3, 0.4) is 0 Å². The average molecular weight is 394 g/mol. The van der Waals surface area contributed by atoms with Gasteiger partial charge in [0, 0.05) is 16.6 Å². The van der Waals surface area contributed by atoms with E-state index in [-0.39, 0.29) is 12.7 Å². The third-order valence-electron chi connectivity index (χ3n) is 4.72. The van der Waals surface area contributed by atoms with E-state index in [0.717, 1.165) is 24.2 Å². The van der Waals surface area contributed by atoms with Gasteiger partial charge in [-0.25, -0.2) is 0 Å². The van der Waals surface area contributed by atoms with E-state index in [0.29, 0.717) is 16.6 Å². The van der Waals surface area contributed by atoms with Crippen molar-refractivity contribution in [2.24, 2.45) is 0 Å². The van der Waals surface area contributed by atoms with Crippen LogP contribution in [0, 0.1) is 0 Å². The van der Waals surface area contributed by atoms with Crippen molar-refractivity contribution in [1.29, 1.82) is 0 Å². The van der Waals surface area contributed by atoms with Crippen LogP contribution in [0.1, 0.15) is 36.5 Å². The molecule has 3 rings (SSSR count). The first-order chi connectivity index (χ1) is 12.6. The molecule has 0 saturated carbocycles. The number of hydrogen-bond donors (Lipinski definition) is 1. The second-order valence-electron chi connectivity index (χ2n) is 6.83. The van der Waals surface area contributed by atoms with Crippen LogP contribution < -0.4 is 0 Å². The van der Waals surface area contributed by atoms with Crippen molar-refractivity contribution in [3.8, 4) is 0 Å². The largest absolute Gasteiger partial charge is 0.389 e. The third kappa shape index (κ3) is 5.70. The van der Waals surface area contributed by atoms with Crippen LogP contribution in [0.4, 0.5) is 0 Å². The minimum absolute atomic E-state index is 0.263. The van der Waals surface area contributed by atoms with Gasteiger partial charge in [-0.05, 0) is 61.3 Å². The van der Waals surface area contributed by atoms with Gasteiger partial charge in [0.2, 0.25) is 0 Å². The Labute approximate surface area is 165 Å². The zero-order valence-electron chi connectivity index (χ0n) is 14.8. The quantitative estimate of drug-likeness (QED) is 0.722. The standard InChI is InChI=1S/C21H25Cl2NO2/c22-18-8-4-16(5-9-18)21(17-6-10-19(23)11-7-17)26-15-20(25)14-24-12-2-1-3-13-24/h4-11,20-21,25H,1-3,12-15H2. The number of aliphatic hydroxyl groups excluding tert-OH is 1. The Morgan fingerprint density at radius 3 is 1.85 bits per heavy atom. The number of aliphatic hydroxyl groups is 1. The minimum Gasteiger partial charge on any atom is -0.389 e. The third-order valence-corrected chi connectivity index (χ3v) is 5.22. The minimum atomic E-state index is -0.504. The summed E-state index contributed by atoms with van der Waals surface area (Å²) in [5.41, 5.74) is 2.00. The van der Waals surface area contributed by atoms with Crippen molar-refractivity contribution < 1.29 is 9.84 Å². The fourth-order valence-corrected chi connectivity index (χ4v) is 3.61. The van der Waals surface area contributed by atoms with Crippen molar-refractivity contribution in [2.75, 3.05) is 26.2 Å². The van der Waals surface area contributed by atoms with Crippen LogP contribution >= 0.6 is 23.2 Å². The summed E-state index contributed by atoms with van der Waals surface area (Å²) in [5.74, 6) is 0. The van der Waals surface area contributed by atoms with E-state index in [2.05, 4.69) is 4.90 Å². The summed E-state index contributed by atoms with van der Waals surface area (Å²) < 4.78 is 6.13. The van der Waals surface area contributed by atoms with E-state index in [1.165, 1.54) is 19.3 Å². The van der Waals surface area contributed by atoms with Gasteiger partial charge in [0.15, 0.2) is 0 Å². The molecular weight excluding hydrogens is 369 g/mol. The molecule has 1 fully saturated rings. The van der Waals surface area contributed by atoms with E-state index in [1.807, 2.05) is 48.5 Å². The molecule has 0 amide bonds. The molecule has 3 nitrogen and oxygen atoms in total. The highest BCUT2D eigenvalue weighted by Gasteiger charge is 2.19. The Morgan fingerprint density at radius 1 is 0.846 bits per heavy atom. The molecule has 2 aromatic rings. The Hall–Kier alpha value is -1.10. The molecular formula is C21H25Cl2NO2. The molecule has 26 heavy (non-hydrogen) atoms. The van der Waals surface area contributed by atoms with Gasteiger partial charge in [-0.3, -0.25) is 0 Å². The SMILES string of the molecule is OC(COC(c1ccc(Cl)cc1)c1ccc(Cl)cc1)CN1CCCCC1. The lowest BCUT2D eigenvalue weighted by Gasteiger charge is -2.29. The summed E-state index contributed by atoms with van der Waals surface area (Å²) in [4.78, 5) is 2.32. The molecule has 1 aliphatic rings. The number of likely N-dealkylation sites (tertiary alicyclic amines) is 1. The van der Waals surface area contributed by atoms with Gasteiger partial charge >= 0.3 is 0 Å². The predicted octanol–water partition coefficient (Wildman–Crippen LogP) is 4.95. The lowest BCUT2D eigenvalue weighted by molar-refractivity contribution is -0.0104. The second kappa shape index (κ2) is 9.72. The number of piperidine rings is 1. The monoisotopic (exact) mass is 393 g/mol. The molecule has 0 radical (unpaired) electrons. The smallest absolute Gasteiger partial charge is 0.108 e. The maximum Gasteiger partial charge on any atom is 0.108 e. The van der Waals surface area contributed by atoms with E-state index in [4.69, 9.17) is 27.9 Å². The molecule has 5 heteroatoms. The lowest BCUT2D eigenvalue weighted by atomic mass is 10.0. The normalized spacial score (nSPS) is 16.8. The Bertz CT molecular complexity index is 624. The van der Waals surface area contributed by atoms with E-state index < -0.39 is 6.10 Å². The van der Waals surface area contributed by atoms with Gasteiger partial charge in [0.25, 0.3) is 0 Å². The maximum atomic E-state index is 10.4. The fraction of sp³-hybridized carbons (Fsp3) is 0.429. The van der Waals surface area contributed by atoms with Crippen molar-refractivity contribution in [2.45, 2.75) is 31.5 Å². The van der Waals surface area contributed by atoms with Crippen molar-refractivity contribution in [1.82, 2.24) is 4.90 Å². The van der Waals surface area contributed by atoms with Gasteiger partial charge in [-0.15, -0.1) is 0 Å². The number of ether oxygens (including phenoxy) is 1. The molecule has 0 aromatic heterocycles. The molecule has 0 spiro atoms. The summed E-state index contributed by atoms with van der Waals surface area (Å²) >= 11 is 12.0. The van der Waals surface area contributed by atoms with Gasteiger partial charge in [-0.2, -0.15) is 0 Å². The van der Waals surface area contributed by atoms with Crippen LogP contribution in [-0.4, -0.2) is 42.4 Å². The summed E-state index contributed by atoms with van der Waals surface area (Å²) in [7, 11) is 0. The van der Waals surface area contributed by atoms with Gasteiger partial charge in [0.1, 0.15) is 6.10 Å². The van der Waals surface area contributed by atoms with Crippen LogP contribution in [-0.2, 0) is 4.74 Å². The Balaban J connectivity index is 1.67. The predicted molar refractivity (Wildman–Crippen MR) is 107 cm³/mol. The summed E-state index contributed by atoms with van der Waals surface area (Å²) in [5, 5.41) is 11.8. The highest BCUT2D eigenvalue weighted by Crippen LogP contribution is 2.28. The van der Waals surface area contributed by atoms with Gasteiger partial charge < -0.3 is 14.7 Å². The molecule has 1 unspecified atom stereocenters. The number of β-amino-alcohol motifs (C(OH)–C–C–N with tert-alkyl or cyclic N) is 1. The average Bonchev–Trinajstić information content (AvgIpc) is 2.65. The zero-order valence-corrected chi connectivity index (χ0v) is 16.3. The van der Waals surface area contributed by atoms with Gasteiger partial charge in [0.05, 0.1) is 12.7 Å². The number of halogens is 2. The molecule has 1 aliphatic heterocycles. The molecule has 0 bridgehead atoms. The van der Waals surface area contributed by atoms with Crippen LogP contribution in [0.15, 0.2) is 48.5 Å². The van der Waals surface area contributed by atoms with Crippen LogP contribution in [0.2, 0.25) is 10.0 Å². The zero-order chi connectivity index (χ0) is 18.4. The summed E-state index contributed by atoms with van der Waals surface area (Å²) in [6.45, 7) is 3.07.